The Labute approximate surface area is 325 Å². The van der Waals surface area contributed by atoms with E-state index in [9.17, 15) is 0 Å². The Morgan fingerprint density at radius 2 is 1.42 bits per heavy atom. The summed E-state index contributed by atoms with van der Waals surface area (Å²) < 4.78 is 2.30. The van der Waals surface area contributed by atoms with Crippen molar-refractivity contribution in [2.45, 2.75) is 39.5 Å². The molecule has 0 saturated carbocycles. The Morgan fingerprint density at radius 1 is 0.698 bits per heavy atom. The molecule has 6 heteroatoms. The molecular weight excluding hydrogens is 827 g/mol. The number of hydrogen-bond acceptors (Lipinski definition) is 4. The summed E-state index contributed by atoms with van der Waals surface area (Å²) in [4.78, 5) is 14.3. The molecule has 2 aliphatic heterocycles. The molecule has 0 spiro atoms. The van der Waals surface area contributed by atoms with Crippen LogP contribution in [0.15, 0.2) is 116 Å². The average molecular weight is 867 g/mol. The van der Waals surface area contributed by atoms with Crippen LogP contribution in [0.1, 0.15) is 56.2 Å². The molecule has 10 rings (SSSR count). The fourth-order valence-electron chi connectivity index (χ4n) is 8.11. The molecule has 2 aromatic heterocycles. The van der Waals surface area contributed by atoms with E-state index in [1.54, 1.807) is 0 Å². The summed E-state index contributed by atoms with van der Waals surface area (Å²) in [5.74, 6) is 1.84. The van der Waals surface area contributed by atoms with Crippen molar-refractivity contribution in [3.8, 4) is 22.5 Å². The molecule has 0 saturated heterocycles. The zero-order valence-corrected chi connectivity index (χ0v) is 33.2. The summed E-state index contributed by atoms with van der Waals surface area (Å²) in [6, 6.07) is 43.1. The number of hydrogen-bond donors (Lipinski definition) is 0. The molecule has 0 amide bonds. The van der Waals surface area contributed by atoms with Gasteiger partial charge in [-0.05, 0) is 70.7 Å². The predicted molar refractivity (Wildman–Crippen MR) is 217 cm³/mol. The molecule has 2 aliphatic rings. The number of anilines is 1. The van der Waals surface area contributed by atoms with Gasteiger partial charge in [-0.15, -0.1) is 35.2 Å². The van der Waals surface area contributed by atoms with Gasteiger partial charge in [-0.2, -0.15) is 30.9 Å². The molecule has 4 heterocycles. The Bertz CT molecular complexity index is 2700. The molecule has 262 valence electrons. The molecule has 6 aromatic carbocycles. The Morgan fingerprint density at radius 3 is 2.19 bits per heavy atom. The van der Waals surface area contributed by atoms with Crippen molar-refractivity contribution >= 4 is 54.9 Å². The van der Waals surface area contributed by atoms with Gasteiger partial charge in [-0.25, -0.2) is 0 Å². The Hall–Kier alpha value is -5.29. The first kappa shape index (κ1) is 34.8. The first-order valence-electron chi connectivity index (χ1n) is 18.1. The van der Waals surface area contributed by atoms with Gasteiger partial charge >= 0.3 is 20.1 Å². The number of rotatable bonds is 3. The van der Waals surface area contributed by atoms with Crippen molar-refractivity contribution < 1.29 is 20.1 Å². The third-order valence-electron chi connectivity index (χ3n) is 10.5. The number of aryl methyl sites for hydroxylation is 1. The first-order valence-corrected chi connectivity index (χ1v) is 18.1. The number of fused-ring (bicyclic) bond motifs is 13. The van der Waals surface area contributed by atoms with E-state index in [2.05, 4.69) is 165 Å². The third-order valence-corrected chi connectivity index (χ3v) is 10.5. The SMILES string of the molecule is CC(C)c1cccc(C(C)C)c1-c1nc2c3[c-]cccc3c3cc4ncccc4cc3c2n1C.CN1C=C2c3ccccc3-c3ccc[c-]c3N2[CH-]1.[Ir+3]. The van der Waals surface area contributed by atoms with Gasteiger partial charge in [0.05, 0.1) is 5.52 Å². The van der Waals surface area contributed by atoms with E-state index in [-0.39, 0.29) is 20.1 Å². The van der Waals surface area contributed by atoms with Crippen molar-refractivity contribution in [3.63, 3.8) is 0 Å². The van der Waals surface area contributed by atoms with Gasteiger partial charge in [-0.1, -0.05) is 92.9 Å². The minimum Gasteiger partial charge on any atom is -0.510 e. The molecule has 0 N–H and O–H groups in total. The third kappa shape index (κ3) is 5.64. The van der Waals surface area contributed by atoms with Gasteiger partial charge in [0.2, 0.25) is 0 Å². The van der Waals surface area contributed by atoms with Crippen LogP contribution in [-0.4, -0.2) is 26.5 Å². The maximum absolute atomic E-state index is 5.34. The van der Waals surface area contributed by atoms with Crippen LogP contribution in [0.25, 0.3) is 71.7 Å². The Balaban J connectivity index is 0.000000177. The second kappa shape index (κ2) is 13.6. The van der Waals surface area contributed by atoms with Gasteiger partial charge in [0.1, 0.15) is 5.82 Å². The summed E-state index contributed by atoms with van der Waals surface area (Å²) in [5, 5.41) is 5.78. The zero-order valence-electron chi connectivity index (χ0n) is 30.8. The van der Waals surface area contributed by atoms with E-state index < -0.39 is 0 Å². The van der Waals surface area contributed by atoms with Crippen LogP contribution in [-0.2, 0) is 27.2 Å². The molecule has 0 fully saturated rings. The van der Waals surface area contributed by atoms with Crippen molar-refractivity contribution in [1.29, 1.82) is 0 Å². The minimum absolute atomic E-state index is 0. The quantitative estimate of drug-likeness (QED) is 0.101. The maximum Gasteiger partial charge on any atom is 3.00 e. The number of nitrogens with zero attached hydrogens (tertiary/aromatic N) is 5. The van der Waals surface area contributed by atoms with Crippen LogP contribution in [0.4, 0.5) is 5.69 Å². The van der Waals surface area contributed by atoms with Crippen molar-refractivity contribution in [2.75, 3.05) is 11.9 Å². The normalized spacial score (nSPS) is 13.2. The van der Waals surface area contributed by atoms with E-state index in [1.165, 1.54) is 55.2 Å². The van der Waals surface area contributed by atoms with Gasteiger partial charge in [0.15, 0.2) is 0 Å². The first-order chi connectivity index (χ1) is 25.3. The molecule has 5 nitrogen and oxygen atoms in total. The molecule has 0 radical (unpaired) electrons. The van der Waals surface area contributed by atoms with Crippen molar-refractivity contribution in [3.05, 3.63) is 151 Å². The molecule has 0 unspecified atom stereocenters. The standard InChI is InChI=1S/C31H28N3.C16H12N2.Ir/c1-18(2)21-13-8-14-22(19(3)4)28(21)31-33-29-24-12-7-6-11-23(24)25-17-27-20(10-9-15-32-27)16-26(25)30(29)34(31)5;1-17-10-16-14-8-3-2-6-12(14)13-7-4-5-9-15(13)18(16)11-17;/h6-11,13-19H,1-5H3;2-8,10-11H,1H3;/q-1;-2;+3. The van der Waals surface area contributed by atoms with Crippen LogP contribution in [0.2, 0.25) is 0 Å². The summed E-state index contributed by atoms with van der Waals surface area (Å²) in [6.07, 6.45) is 4.02. The van der Waals surface area contributed by atoms with E-state index in [1.807, 2.05) is 30.5 Å². The predicted octanol–water partition coefficient (Wildman–Crippen LogP) is 11.5. The fraction of sp³-hybridized carbons (Fsp3) is 0.170. The van der Waals surface area contributed by atoms with Crippen LogP contribution in [0, 0.1) is 18.8 Å². The van der Waals surface area contributed by atoms with Gasteiger partial charge in [0, 0.05) is 40.9 Å². The van der Waals surface area contributed by atoms with Crippen LogP contribution >= 0.6 is 0 Å². The van der Waals surface area contributed by atoms with Crippen LogP contribution < -0.4 is 4.90 Å². The summed E-state index contributed by atoms with van der Waals surface area (Å²) >= 11 is 0. The number of aromatic nitrogens is 3. The summed E-state index contributed by atoms with van der Waals surface area (Å²) in [5.41, 5.74) is 13.3. The zero-order chi connectivity index (χ0) is 35.7. The van der Waals surface area contributed by atoms with E-state index >= 15 is 0 Å². The molecule has 53 heavy (non-hydrogen) atoms. The maximum atomic E-state index is 5.34. The number of benzene rings is 6. The van der Waals surface area contributed by atoms with E-state index in [0.717, 1.165) is 38.8 Å². The fourth-order valence-corrected chi connectivity index (χ4v) is 8.11. The Kier molecular flexibility index (Phi) is 8.92. The topological polar surface area (TPSA) is 37.2 Å². The van der Waals surface area contributed by atoms with E-state index in [0.29, 0.717) is 11.8 Å². The van der Waals surface area contributed by atoms with E-state index in [4.69, 9.17) is 4.98 Å². The molecule has 8 aromatic rings. The minimum atomic E-state index is 0. The average Bonchev–Trinajstić information content (AvgIpc) is 3.74. The second-order valence-corrected chi connectivity index (χ2v) is 14.5. The molecular formula is C47H40IrN5. The molecule has 0 aliphatic carbocycles. The smallest absolute Gasteiger partial charge is 0.510 e. The number of pyridine rings is 1. The van der Waals surface area contributed by atoms with Gasteiger partial charge < -0.3 is 14.4 Å². The molecule has 0 bridgehead atoms. The second-order valence-electron chi connectivity index (χ2n) is 14.5. The van der Waals surface area contributed by atoms with Crippen LogP contribution in [0.5, 0.6) is 0 Å². The van der Waals surface area contributed by atoms with Crippen molar-refractivity contribution in [1.82, 2.24) is 19.4 Å². The summed E-state index contributed by atoms with van der Waals surface area (Å²) in [6.45, 7) is 11.2. The number of para-hydroxylation sites is 1. The molecule has 0 atom stereocenters. The van der Waals surface area contributed by atoms with Crippen LogP contribution in [0.3, 0.4) is 0 Å². The summed E-state index contributed by atoms with van der Waals surface area (Å²) in [7, 11) is 4.21. The van der Waals surface area contributed by atoms with Gasteiger partial charge in [0.25, 0.3) is 0 Å². The largest absolute Gasteiger partial charge is 3.00 e. The monoisotopic (exact) mass is 867 g/mol. The van der Waals surface area contributed by atoms with Crippen molar-refractivity contribution in [2.24, 2.45) is 7.05 Å². The number of imidazole rings is 1. The van der Waals surface area contributed by atoms with Gasteiger partial charge in [-0.3, -0.25) is 9.97 Å².